The van der Waals surface area contributed by atoms with Crippen LogP contribution in [0.15, 0.2) is 0 Å². The summed E-state index contributed by atoms with van der Waals surface area (Å²) in [6, 6.07) is 0. The highest BCUT2D eigenvalue weighted by Gasteiger charge is 2.32. The van der Waals surface area contributed by atoms with Crippen LogP contribution in [0.4, 0.5) is 0 Å². The SMILES string of the molecule is [CH2]CC1CCCC1(C)C. The Kier molecular flexibility index (Phi) is 1.83. The van der Waals surface area contributed by atoms with E-state index < -0.39 is 0 Å². The van der Waals surface area contributed by atoms with E-state index >= 15 is 0 Å². The zero-order chi connectivity index (χ0) is 6.91. The first-order valence-electron chi connectivity index (χ1n) is 3.96. The Bertz CT molecular complexity index is 92.2. The molecule has 0 heteroatoms. The van der Waals surface area contributed by atoms with E-state index in [1.807, 2.05) is 0 Å². The van der Waals surface area contributed by atoms with Crippen LogP contribution in [0.25, 0.3) is 0 Å². The van der Waals surface area contributed by atoms with Crippen molar-refractivity contribution in [3.05, 3.63) is 6.92 Å². The van der Waals surface area contributed by atoms with Gasteiger partial charge in [-0.05, 0) is 30.6 Å². The Labute approximate surface area is 58.7 Å². The predicted octanol–water partition coefficient (Wildman–Crippen LogP) is 3.04. The first-order valence-corrected chi connectivity index (χ1v) is 3.96. The van der Waals surface area contributed by atoms with Crippen LogP contribution in [0, 0.1) is 18.3 Å². The van der Waals surface area contributed by atoms with Crippen LogP contribution in [-0.4, -0.2) is 0 Å². The summed E-state index contributed by atoms with van der Waals surface area (Å²) in [6.45, 7) is 8.71. The monoisotopic (exact) mass is 125 g/mol. The number of hydrogen-bond acceptors (Lipinski definition) is 0. The highest BCUT2D eigenvalue weighted by atomic mass is 14.4. The molecule has 1 saturated carbocycles. The van der Waals surface area contributed by atoms with Gasteiger partial charge >= 0.3 is 0 Å². The summed E-state index contributed by atoms with van der Waals surface area (Å²) in [5, 5.41) is 0. The third-order valence-electron chi connectivity index (χ3n) is 2.83. The van der Waals surface area contributed by atoms with Crippen molar-refractivity contribution in [2.75, 3.05) is 0 Å². The maximum absolute atomic E-state index is 3.96. The molecule has 9 heavy (non-hydrogen) atoms. The van der Waals surface area contributed by atoms with E-state index in [9.17, 15) is 0 Å². The number of rotatable bonds is 1. The molecule has 1 rings (SSSR count). The van der Waals surface area contributed by atoms with Gasteiger partial charge in [-0.2, -0.15) is 0 Å². The zero-order valence-electron chi connectivity index (χ0n) is 6.61. The van der Waals surface area contributed by atoms with Crippen LogP contribution in [0.2, 0.25) is 0 Å². The summed E-state index contributed by atoms with van der Waals surface area (Å²) in [6.07, 6.45) is 5.38. The fraction of sp³-hybridized carbons (Fsp3) is 0.889. The van der Waals surface area contributed by atoms with Crippen molar-refractivity contribution in [1.82, 2.24) is 0 Å². The minimum absolute atomic E-state index is 0.599. The molecule has 0 spiro atoms. The first kappa shape index (κ1) is 7.11. The van der Waals surface area contributed by atoms with Crippen LogP contribution in [0.1, 0.15) is 39.5 Å². The van der Waals surface area contributed by atoms with Crippen molar-refractivity contribution in [2.24, 2.45) is 11.3 Å². The molecule has 0 aliphatic heterocycles. The molecule has 0 aromatic rings. The molecule has 1 radical (unpaired) electrons. The van der Waals surface area contributed by atoms with Gasteiger partial charge in [0.2, 0.25) is 0 Å². The molecule has 1 aliphatic carbocycles. The Morgan fingerprint density at radius 1 is 1.56 bits per heavy atom. The molecule has 1 unspecified atom stereocenters. The summed E-state index contributed by atoms with van der Waals surface area (Å²) < 4.78 is 0. The smallest absolute Gasteiger partial charge is 0.0326 e. The van der Waals surface area contributed by atoms with Gasteiger partial charge in [0.15, 0.2) is 0 Å². The van der Waals surface area contributed by atoms with Crippen LogP contribution >= 0.6 is 0 Å². The predicted molar refractivity (Wildman–Crippen MR) is 41.1 cm³/mol. The first-order chi connectivity index (χ1) is 4.17. The Morgan fingerprint density at radius 3 is 2.44 bits per heavy atom. The van der Waals surface area contributed by atoms with E-state index in [0.717, 1.165) is 12.3 Å². The average molecular weight is 125 g/mol. The topological polar surface area (TPSA) is 0 Å². The maximum atomic E-state index is 3.96. The summed E-state index contributed by atoms with van der Waals surface area (Å²) in [5.41, 5.74) is 0.599. The van der Waals surface area contributed by atoms with Gasteiger partial charge in [0.05, 0.1) is 0 Å². The molecule has 0 N–H and O–H groups in total. The Morgan fingerprint density at radius 2 is 2.22 bits per heavy atom. The van der Waals surface area contributed by atoms with Crippen molar-refractivity contribution < 1.29 is 0 Å². The summed E-state index contributed by atoms with van der Waals surface area (Å²) in [4.78, 5) is 0. The Hall–Kier alpha value is 0. The molecule has 1 aliphatic rings. The minimum Gasteiger partial charge on any atom is -0.0596 e. The molecular formula is C9H17. The van der Waals surface area contributed by atoms with Gasteiger partial charge in [-0.25, -0.2) is 0 Å². The molecular weight excluding hydrogens is 108 g/mol. The lowest BCUT2D eigenvalue weighted by Crippen LogP contribution is -2.15. The van der Waals surface area contributed by atoms with Crippen molar-refractivity contribution >= 4 is 0 Å². The second kappa shape index (κ2) is 2.32. The molecule has 0 saturated heterocycles. The van der Waals surface area contributed by atoms with Gasteiger partial charge in [0.1, 0.15) is 0 Å². The van der Waals surface area contributed by atoms with E-state index in [0.29, 0.717) is 5.41 Å². The lowest BCUT2D eigenvalue weighted by molar-refractivity contribution is 0.261. The molecule has 0 amide bonds. The minimum atomic E-state index is 0.599. The molecule has 53 valence electrons. The zero-order valence-corrected chi connectivity index (χ0v) is 6.61. The summed E-state index contributed by atoms with van der Waals surface area (Å²) in [7, 11) is 0. The van der Waals surface area contributed by atoms with E-state index in [1.54, 1.807) is 0 Å². The van der Waals surface area contributed by atoms with Crippen molar-refractivity contribution in [3.8, 4) is 0 Å². The molecule has 0 nitrogen and oxygen atoms in total. The molecule has 0 heterocycles. The highest BCUT2D eigenvalue weighted by Crippen LogP contribution is 2.43. The molecule has 0 aromatic heterocycles. The Balaban J connectivity index is 2.52. The second-order valence-corrected chi connectivity index (χ2v) is 3.87. The van der Waals surface area contributed by atoms with Crippen molar-refractivity contribution in [3.63, 3.8) is 0 Å². The molecule has 0 aromatic carbocycles. The number of hydrogen-bond donors (Lipinski definition) is 0. The largest absolute Gasteiger partial charge is 0.0596 e. The standard InChI is InChI=1S/C9H17/c1-4-8-6-5-7-9(8,2)3/h8H,1,4-7H2,2-3H3. The van der Waals surface area contributed by atoms with E-state index in [2.05, 4.69) is 20.8 Å². The van der Waals surface area contributed by atoms with Crippen LogP contribution < -0.4 is 0 Å². The normalized spacial score (nSPS) is 33.0. The highest BCUT2D eigenvalue weighted by molar-refractivity contribution is 4.84. The van der Waals surface area contributed by atoms with Crippen LogP contribution in [-0.2, 0) is 0 Å². The maximum Gasteiger partial charge on any atom is -0.0326 e. The van der Waals surface area contributed by atoms with Gasteiger partial charge in [-0.3, -0.25) is 0 Å². The van der Waals surface area contributed by atoms with Crippen LogP contribution in [0.3, 0.4) is 0 Å². The molecule has 1 atom stereocenters. The van der Waals surface area contributed by atoms with Gasteiger partial charge < -0.3 is 0 Å². The van der Waals surface area contributed by atoms with Crippen molar-refractivity contribution in [2.45, 2.75) is 39.5 Å². The fourth-order valence-corrected chi connectivity index (χ4v) is 1.93. The quantitative estimate of drug-likeness (QED) is 0.505. The molecule has 1 fully saturated rings. The second-order valence-electron chi connectivity index (χ2n) is 3.87. The fourth-order valence-electron chi connectivity index (χ4n) is 1.93. The lowest BCUT2D eigenvalue weighted by atomic mass is 9.80. The van der Waals surface area contributed by atoms with E-state index in [-0.39, 0.29) is 0 Å². The third-order valence-corrected chi connectivity index (χ3v) is 2.83. The van der Waals surface area contributed by atoms with Gasteiger partial charge in [0, 0.05) is 0 Å². The lowest BCUT2D eigenvalue weighted by Gasteiger charge is -2.25. The van der Waals surface area contributed by atoms with Gasteiger partial charge in [-0.1, -0.05) is 27.2 Å². The summed E-state index contributed by atoms with van der Waals surface area (Å²) >= 11 is 0. The van der Waals surface area contributed by atoms with Gasteiger partial charge in [-0.15, -0.1) is 0 Å². The molecule has 0 bridgehead atoms. The summed E-state index contributed by atoms with van der Waals surface area (Å²) in [5.74, 6) is 0.900. The van der Waals surface area contributed by atoms with Gasteiger partial charge in [0.25, 0.3) is 0 Å². The van der Waals surface area contributed by atoms with E-state index in [4.69, 9.17) is 0 Å². The van der Waals surface area contributed by atoms with Crippen molar-refractivity contribution in [1.29, 1.82) is 0 Å². The third kappa shape index (κ3) is 1.28. The average Bonchev–Trinajstić information content (AvgIpc) is 2.08. The van der Waals surface area contributed by atoms with Crippen LogP contribution in [0.5, 0.6) is 0 Å². The van der Waals surface area contributed by atoms with E-state index in [1.165, 1.54) is 19.3 Å².